The van der Waals surface area contributed by atoms with Crippen LogP contribution in [0.4, 0.5) is 13.2 Å². The van der Waals surface area contributed by atoms with Crippen LogP contribution >= 0.6 is 0 Å². The number of H-pyrrole nitrogens is 1. The van der Waals surface area contributed by atoms with Gasteiger partial charge in [-0.15, -0.1) is 13.2 Å². The van der Waals surface area contributed by atoms with E-state index >= 15 is 0 Å². The van der Waals surface area contributed by atoms with Crippen LogP contribution in [0.5, 0.6) is 11.6 Å². The van der Waals surface area contributed by atoms with E-state index in [2.05, 4.69) is 25.3 Å². The van der Waals surface area contributed by atoms with E-state index in [0.29, 0.717) is 28.6 Å². The van der Waals surface area contributed by atoms with Gasteiger partial charge < -0.3 is 19.4 Å². The number of nitrogens with one attached hydrogen (secondary N) is 2. The first-order valence-electron chi connectivity index (χ1n) is 12.4. The minimum atomic E-state index is -4.96. The highest BCUT2D eigenvalue weighted by molar-refractivity contribution is 5.96. The van der Waals surface area contributed by atoms with E-state index < -0.39 is 18.0 Å². The van der Waals surface area contributed by atoms with Gasteiger partial charge >= 0.3 is 6.36 Å². The normalized spacial score (nSPS) is 13.6. The van der Waals surface area contributed by atoms with E-state index in [1.54, 1.807) is 17.9 Å². The lowest BCUT2D eigenvalue weighted by atomic mass is 10.0. The molecule has 3 heterocycles. The maximum Gasteiger partial charge on any atom is 0.573 e. The van der Waals surface area contributed by atoms with Crippen LogP contribution in [-0.2, 0) is 7.05 Å². The Balaban J connectivity index is 1.53. The maximum absolute atomic E-state index is 13.4. The number of carbonyl (C=O) groups is 1. The topological polar surface area (TPSA) is 112 Å². The Morgan fingerprint density at radius 1 is 1.18 bits per heavy atom. The molecular weight excluding hydrogens is 527 g/mol. The molecule has 2 N–H and O–H groups in total. The van der Waals surface area contributed by atoms with Crippen molar-refractivity contribution in [3.05, 3.63) is 60.0 Å². The van der Waals surface area contributed by atoms with E-state index in [0.717, 1.165) is 35.6 Å². The molecule has 1 amide bonds. The number of alkyl halides is 3. The molecule has 1 fully saturated rings. The van der Waals surface area contributed by atoms with E-state index in [9.17, 15) is 18.0 Å². The van der Waals surface area contributed by atoms with Crippen molar-refractivity contribution in [2.24, 2.45) is 7.05 Å². The average Bonchev–Trinajstić information content (AvgIpc) is 3.33. The van der Waals surface area contributed by atoms with Gasteiger partial charge in [0.2, 0.25) is 5.88 Å². The summed E-state index contributed by atoms with van der Waals surface area (Å²) in [6.45, 7) is 0. The quantitative estimate of drug-likeness (QED) is 0.296. The molecule has 10 nitrogen and oxygen atoms in total. The zero-order valence-corrected chi connectivity index (χ0v) is 21.7. The molecule has 206 valence electrons. The maximum atomic E-state index is 13.4. The summed E-state index contributed by atoms with van der Waals surface area (Å²) in [5.41, 5.74) is 3.82. The number of ether oxygens (including phenoxy) is 2. The third-order valence-electron chi connectivity index (χ3n) is 6.88. The summed E-state index contributed by atoms with van der Waals surface area (Å²) in [5.74, 6) is -0.0897. The third kappa shape index (κ3) is 4.42. The van der Waals surface area contributed by atoms with Gasteiger partial charge in [-0.25, -0.2) is 14.8 Å². The molecule has 0 radical (unpaired) electrons. The summed E-state index contributed by atoms with van der Waals surface area (Å²) >= 11 is 0. The Kier molecular flexibility index (Phi) is 6.01. The number of hydrogen-bond acceptors (Lipinski definition) is 6. The van der Waals surface area contributed by atoms with Crippen molar-refractivity contribution >= 4 is 16.8 Å². The standard InChI is InChI=1S/C27H24F3N7O3/c1-31-25(38)15-9-10-17(21(11-15)40-27(28,29)30)24-33-22(23(36(24)2)14-7-8-14)16-5-4-6-19-18(16)13-37(35-19)20-12-32-34-26(20)39-3/h4-6,9-14H,7-8H2,1-3H3,(H,31,38)(H,32,34). The second-order valence-electron chi connectivity index (χ2n) is 9.44. The number of rotatable bonds is 7. The number of amides is 1. The summed E-state index contributed by atoms with van der Waals surface area (Å²) in [7, 11) is 4.71. The first-order chi connectivity index (χ1) is 19.2. The van der Waals surface area contributed by atoms with Crippen molar-refractivity contribution in [3.63, 3.8) is 0 Å². The van der Waals surface area contributed by atoms with Crippen LogP contribution in [0.1, 0.15) is 34.8 Å². The smallest absolute Gasteiger partial charge is 0.480 e. The van der Waals surface area contributed by atoms with Crippen LogP contribution in [0.2, 0.25) is 0 Å². The average molecular weight is 552 g/mol. The Bertz CT molecular complexity index is 1750. The molecule has 6 rings (SSSR count). The Morgan fingerprint density at radius 2 is 1.98 bits per heavy atom. The summed E-state index contributed by atoms with van der Waals surface area (Å²) in [6, 6.07) is 9.61. The number of hydrogen-bond donors (Lipinski definition) is 2. The van der Waals surface area contributed by atoms with Crippen molar-refractivity contribution in [3.8, 4) is 40.0 Å². The van der Waals surface area contributed by atoms with E-state index in [-0.39, 0.29) is 17.0 Å². The molecule has 0 unspecified atom stereocenters. The molecule has 1 saturated carbocycles. The number of carbonyl (C=O) groups excluding carboxylic acids is 1. The van der Waals surface area contributed by atoms with E-state index in [1.807, 2.05) is 29.0 Å². The highest BCUT2D eigenvalue weighted by Crippen LogP contribution is 2.47. The zero-order chi connectivity index (χ0) is 28.2. The summed E-state index contributed by atoms with van der Waals surface area (Å²) in [4.78, 5) is 17.0. The second-order valence-corrected chi connectivity index (χ2v) is 9.44. The Labute approximate surface area is 225 Å². The van der Waals surface area contributed by atoms with Crippen LogP contribution in [0.3, 0.4) is 0 Å². The van der Waals surface area contributed by atoms with Gasteiger partial charge in [-0.1, -0.05) is 12.1 Å². The number of aromatic amines is 1. The molecule has 0 bridgehead atoms. The number of halogens is 3. The van der Waals surface area contributed by atoms with Gasteiger partial charge in [-0.3, -0.25) is 4.79 Å². The van der Waals surface area contributed by atoms with Gasteiger partial charge in [0.15, 0.2) is 0 Å². The minimum absolute atomic E-state index is 0.0363. The van der Waals surface area contributed by atoms with Crippen molar-refractivity contribution in [2.45, 2.75) is 25.1 Å². The fraction of sp³-hybridized carbons (Fsp3) is 0.259. The van der Waals surface area contributed by atoms with Crippen LogP contribution in [0.25, 0.3) is 39.2 Å². The molecule has 1 aliphatic rings. The van der Waals surface area contributed by atoms with Crippen molar-refractivity contribution in [1.82, 2.24) is 34.8 Å². The molecule has 1 aliphatic carbocycles. The number of imidazole rings is 1. The zero-order valence-electron chi connectivity index (χ0n) is 21.7. The van der Waals surface area contributed by atoms with Crippen LogP contribution in [0.15, 0.2) is 48.8 Å². The highest BCUT2D eigenvalue weighted by Gasteiger charge is 2.36. The Hall–Kier alpha value is -4.81. The van der Waals surface area contributed by atoms with Gasteiger partial charge in [-0.2, -0.15) is 10.2 Å². The van der Waals surface area contributed by atoms with Crippen LogP contribution in [0, 0.1) is 0 Å². The van der Waals surface area contributed by atoms with Crippen LogP contribution in [-0.4, -0.2) is 56.0 Å². The molecule has 0 aliphatic heterocycles. The largest absolute Gasteiger partial charge is 0.573 e. The predicted molar refractivity (Wildman–Crippen MR) is 139 cm³/mol. The molecule has 0 atom stereocenters. The molecule has 2 aromatic carbocycles. The number of aromatic nitrogens is 6. The summed E-state index contributed by atoms with van der Waals surface area (Å²) < 4.78 is 53.4. The van der Waals surface area contributed by atoms with Gasteiger partial charge in [0, 0.05) is 48.4 Å². The molecular formula is C27H24F3N7O3. The fourth-order valence-corrected chi connectivity index (χ4v) is 4.93. The molecule has 40 heavy (non-hydrogen) atoms. The van der Waals surface area contributed by atoms with Gasteiger partial charge in [0.05, 0.1) is 30.1 Å². The SMILES string of the molecule is CNC(=O)c1ccc(-c2nc(-c3cccc4nn(-c5cn[nH]c5OC)cc34)c(C3CC3)n2C)c(OC(F)(F)F)c1. The Morgan fingerprint density at radius 3 is 2.67 bits per heavy atom. The van der Waals surface area contributed by atoms with Crippen LogP contribution < -0.4 is 14.8 Å². The number of benzene rings is 2. The monoisotopic (exact) mass is 551 g/mol. The number of methoxy groups -OCH3 is 1. The van der Waals surface area contributed by atoms with E-state index in [4.69, 9.17) is 9.72 Å². The number of nitrogens with zero attached hydrogens (tertiary/aromatic N) is 5. The molecule has 3 aromatic heterocycles. The van der Waals surface area contributed by atoms with Crippen molar-refractivity contribution in [1.29, 1.82) is 0 Å². The van der Waals surface area contributed by atoms with Crippen molar-refractivity contribution in [2.75, 3.05) is 14.2 Å². The van der Waals surface area contributed by atoms with Gasteiger partial charge in [-0.05, 0) is 37.1 Å². The summed E-state index contributed by atoms with van der Waals surface area (Å²) in [5, 5.41) is 14.7. The van der Waals surface area contributed by atoms with Gasteiger partial charge in [0.1, 0.15) is 17.3 Å². The predicted octanol–water partition coefficient (Wildman–Crippen LogP) is 4.96. The lowest BCUT2D eigenvalue weighted by Gasteiger charge is -2.15. The third-order valence-corrected chi connectivity index (χ3v) is 6.88. The first-order valence-corrected chi connectivity index (χ1v) is 12.4. The molecule has 0 saturated heterocycles. The highest BCUT2D eigenvalue weighted by atomic mass is 19.4. The summed E-state index contributed by atoms with van der Waals surface area (Å²) in [6.07, 6.45) is 0.366. The van der Waals surface area contributed by atoms with Gasteiger partial charge in [0.25, 0.3) is 5.91 Å². The molecule has 13 heteroatoms. The number of fused-ring (bicyclic) bond motifs is 1. The molecule has 0 spiro atoms. The first kappa shape index (κ1) is 25.5. The minimum Gasteiger partial charge on any atom is -0.480 e. The molecule has 5 aromatic rings. The van der Waals surface area contributed by atoms with Crippen molar-refractivity contribution < 1.29 is 27.4 Å². The van der Waals surface area contributed by atoms with E-state index in [1.165, 1.54) is 26.3 Å². The second kappa shape index (κ2) is 9.43. The lowest BCUT2D eigenvalue weighted by Crippen LogP contribution is -2.20. The fourth-order valence-electron chi connectivity index (χ4n) is 4.93. The lowest BCUT2D eigenvalue weighted by molar-refractivity contribution is -0.274.